The molecule has 0 atom stereocenters. The highest BCUT2D eigenvalue weighted by molar-refractivity contribution is 7.19. The highest BCUT2D eigenvalue weighted by atomic mass is 32.1. The molecule has 2 rings (SSSR count). The van der Waals surface area contributed by atoms with Crippen LogP contribution in [0, 0.1) is 11.3 Å². The first-order valence-electron chi connectivity index (χ1n) is 6.35. The van der Waals surface area contributed by atoms with Gasteiger partial charge in [-0.2, -0.15) is 5.26 Å². The number of hydrogen-bond donors (Lipinski definition) is 1. The van der Waals surface area contributed by atoms with E-state index in [1.807, 2.05) is 0 Å². The Morgan fingerprint density at radius 1 is 1.37 bits per heavy atom. The lowest BCUT2D eigenvalue weighted by atomic mass is 10.1. The second-order valence-electron chi connectivity index (χ2n) is 4.88. The molecule has 19 heavy (non-hydrogen) atoms. The van der Waals surface area contributed by atoms with E-state index in [0.29, 0.717) is 16.1 Å². The molecule has 1 saturated heterocycles. The Balaban J connectivity index is 2.41. The number of nitrogen functional groups attached to an aromatic ring is 1. The van der Waals surface area contributed by atoms with E-state index < -0.39 is 0 Å². The van der Waals surface area contributed by atoms with Gasteiger partial charge in [0, 0.05) is 27.2 Å². The first-order chi connectivity index (χ1) is 9.06. The molecule has 1 aromatic rings. The van der Waals surface area contributed by atoms with Gasteiger partial charge in [0.15, 0.2) is 0 Å². The second-order valence-corrected chi connectivity index (χ2v) is 5.88. The minimum Gasteiger partial charge on any atom is -0.396 e. The van der Waals surface area contributed by atoms with Crippen molar-refractivity contribution >= 4 is 27.9 Å². The Bertz CT molecular complexity index is 523. The van der Waals surface area contributed by atoms with Crippen molar-refractivity contribution < 1.29 is 4.79 Å². The fourth-order valence-corrected chi connectivity index (χ4v) is 3.47. The van der Waals surface area contributed by atoms with Gasteiger partial charge in [0.1, 0.15) is 21.5 Å². The number of hydrogen-bond acceptors (Lipinski definition) is 5. The second kappa shape index (κ2) is 5.49. The summed E-state index contributed by atoms with van der Waals surface area (Å²) in [5, 5.41) is 10.1. The molecule has 0 radical (unpaired) electrons. The van der Waals surface area contributed by atoms with Gasteiger partial charge in [-0.25, -0.2) is 0 Å². The average Bonchev–Trinajstić information content (AvgIpc) is 2.75. The van der Waals surface area contributed by atoms with Gasteiger partial charge in [0.25, 0.3) is 5.91 Å². The van der Waals surface area contributed by atoms with E-state index in [9.17, 15) is 10.1 Å². The van der Waals surface area contributed by atoms with Gasteiger partial charge in [-0.3, -0.25) is 4.79 Å². The summed E-state index contributed by atoms with van der Waals surface area (Å²) in [5.41, 5.74) is 6.76. The summed E-state index contributed by atoms with van der Waals surface area (Å²) >= 11 is 1.34. The van der Waals surface area contributed by atoms with Crippen molar-refractivity contribution in [3.05, 3.63) is 10.4 Å². The monoisotopic (exact) mass is 278 g/mol. The molecule has 0 saturated carbocycles. The Hall–Kier alpha value is -1.74. The van der Waals surface area contributed by atoms with Crippen molar-refractivity contribution in [3.8, 4) is 6.07 Å². The molecule has 2 heterocycles. The molecule has 102 valence electrons. The quantitative estimate of drug-likeness (QED) is 0.896. The maximum atomic E-state index is 12.1. The number of nitrogens with zero attached hydrogens (tertiary/aromatic N) is 3. The van der Waals surface area contributed by atoms with Gasteiger partial charge < -0.3 is 15.5 Å². The number of piperidine rings is 1. The third-order valence-electron chi connectivity index (χ3n) is 3.28. The number of carbonyl (C=O) groups is 1. The highest BCUT2D eigenvalue weighted by Crippen LogP contribution is 2.39. The topological polar surface area (TPSA) is 73.4 Å². The van der Waals surface area contributed by atoms with E-state index >= 15 is 0 Å². The average molecular weight is 278 g/mol. The Morgan fingerprint density at radius 2 is 2.00 bits per heavy atom. The maximum Gasteiger partial charge on any atom is 0.265 e. The number of carbonyl (C=O) groups excluding carboxylic acids is 1. The Morgan fingerprint density at radius 3 is 2.53 bits per heavy atom. The zero-order chi connectivity index (χ0) is 14.0. The van der Waals surface area contributed by atoms with Crippen LogP contribution in [0.4, 0.5) is 10.7 Å². The summed E-state index contributed by atoms with van der Waals surface area (Å²) in [7, 11) is 3.38. The van der Waals surface area contributed by atoms with E-state index in [1.165, 1.54) is 22.7 Å². The predicted molar refractivity (Wildman–Crippen MR) is 77.5 cm³/mol. The molecule has 0 aromatic carbocycles. The summed E-state index contributed by atoms with van der Waals surface area (Å²) < 4.78 is 0. The predicted octanol–water partition coefficient (Wildman–Crippen LogP) is 1.89. The molecule has 2 N–H and O–H groups in total. The number of rotatable bonds is 2. The molecule has 0 unspecified atom stereocenters. The molecule has 0 bridgehead atoms. The van der Waals surface area contributed by atoms with Gasteiger partial charge in [-0.05, 0) is 19.3 Å². The van der Waals surface area contributed by atoms with E-state index in [1.54, 1.807) is 14.1 Å². The van der Waals surface area contributed by atoms with Crippen molar-refractivity contribution in [2.24, 2.45) is 0 Å². The number of amides is 1. The minimum absolute atomic E-state index is 0.137. The third-order valence-corrected chi connectivity index (χ3v) is 4.54. The summed E-state index contributed by atoms with van der Waals surface area (Å²) in [5.74, 6) is -0.137. The molecule has 1 aliphatic heterocycles. The van der Waals surface area contributed by atoms with Crippen LogP contribution < -0.4 is 10.6 Å². The Labute approximate surface area is 117 Å². The van der Waals surface area contributed by atoms with Crippen LogP contribution in [0.15, 0.2) is 0 Å². The molecule has 1 fully saturated rings. The first kappa shape index (κ1) is 13.7. The number of anilines is 2. The number of nitrogens with two attached hydrogens (primary N) is 1. The van der Waals surface area contributed by atoms with Crippen LogP contribution in [0.25, 0.3) is 0 Å². The number of nitriles is 1. The van der Waals surface area contributed by atoms with Crippen molar-refractivity contribution in [2.45, 2.75) is 19.3 Å². The zero-order valence-electron chi connectivity index (χ0n) is 11.3. The van der Waals surface area contributed by atoms with Gasteiger partial charge in [-0.1, -0.05) is 0 Å². The van der Waals surface area contributed by atoms with Crippen LogP contribution in [-0.2, 0) is 0 Å². The van der Waals surface area contributed by atoms with Crippen molar-refractivity contribution in [1.29, 1.82) is 5.26 Å². The molecule has 6 heteroatoms. The summed E-state index contributed by atoms with van der Waals surface area (Å²) in [6, 6.07) is 2.15. The van der Waals surface area contributed by atoms with E-state index in [0.717, 1.165) is 30.9 Å². The Kier molecular flexibility index (Phi) is 3.96. The molecule has 1 amide bonds. The van der Waals surface area contributed by atoms with Crippen LogP contribution in [0.1, 0.15) is 34.5 Å². The van der Waals surface area contributed by atoms with E-state index in [-0.39, 0.29) is 5.91 Å². The third kappa shape index (κ3) is 2.51. The standard InChI is InChI=1S/C13H18N4OS/c1-16(2)12(18)11-10(15)9(8-14)13(19-11)17-6-4-3-5-7-17/h3-7,15H2,1-2H3. The van der Waals surface area contributed by atoms with Gasteiger partial charge in [-0.15, -0.1) is 11.3 Å². The first-order valence-corrected chi connectivity index (χ1v) is 7.17. The van der Waals surface area contributed by atoms with Crippen molar-refractivity contribution in [3.63, 3.8) is 0 Å². The summed E-state index contributed by atoms with van der Waals surface area (Å²) in [6.45, 7) is 1.87. The molecule has 1 aliphatic rings. The van der Waals surface area contributed by atoms with Crippen LogP contribution in [0.5, 0.6) is 0 Å². The SMILES string of the molecule is CN(C)C(=O)c1sc(N2CCCCC2)c(C#N)c1N. The maximum absolute atomic E-state index is 12.1. The summed E-state index contributed by atoms with van der Waals surface area (Å²) in [6.07, 6.45) is 3.47. The lowest BCUT2D eigenvalue weighted by molar-refractivity contribution is 0.0833. The van der Waals surface area contributed by atoms with Crippen LogP contribution in [-0.4, -0.2) is 38.0 Å². The molecular weight excluding hydrogens is 260 g/mol. The molecule has 0 spiro atoms. The summed E-state index contributed by atoms with van der Waals surface area (Å²) in [4.78, 5) is 16.2. The van der Waals surface area contributed by atoms with Crippen LogP contribution in [0.3, 0.4) is 0 Å². The fourth-order valence-electron chi connectivity index (χ4n) is 2.22. The molecular formula is C13H18N4OS. The zero-order valence-corrected chi connectivity index (χ0v) is 12.1. The smallest absolute Gasteiger partial charge is 0.265 e. The molecule has 1 aromatic heterocycles. The van der Waals surface area contributed by atoms with E-state index in [2.05, 4.69) is 11.0 Å². The van der Waals surface area contributed by atoms with Crippen molar-refractivity contribution in [1.82, 2.24) is 4.90 Å². The number of thiophene rings is 1. The molecule has 0 aliphatic carbocycles. The molecule has 5 nitrogen and oxygen atoms in total. The van der Waals surface area contributed by atoms with Crippen LogP contribution in [0.2, 0.25) is 0 Å². The lowest BCUT2D eigenvalue weighted by Gasteiger charge is -2.27. The normalized spacial score (nSPS) is 15.1. The van der Waals surface area contributed by atoms with Gasteiger partial charge in [0.2, 0.25) is 0 Å². The van der Waals surface area contributed by atoms with Gasteiger partial charge >= 0.3 is 0 Å². The van der Waals surface area contributed by atoms with Crippen LogP contribution >= 0.6 is 11.3 Å². The van der Waals surface area contributed by atoms with E-state index in [4.69, 9.17) is 5.73 Å². The highest BCUT2D eigenvalue weighted by Gasteiger charge is 2.25. The fraction of sp³-hybridized carbons (Fsp3) is 0.538. The van der Waals surface area contributed by atoms with Gasteiger partial charge in [0.05, 0.1) is 5.69 Å². The lowest BCUT2D eigenvalue weighted by Crippen LogP contribution is -2.29. The van der Waals surface area contributed by atoms with Crippen molar-refractivity contribution in [2.75, 3.05) is 37.8 Å². The minimum atomic E-state index is -0.137. The largest absolute Gasteiger partial charge is 0.396 e.